The van der Waals surface area contributed by atoms with Crippen LogP contribution in [0.2, 0.25) is 5.02 Å². The van der Waals surface area contributed by atoms with Crippen molar-refractivity contribution in [1.82, 2.24) is 5.06 Å². The van der Waals surface area contributed by atoms with Gasteiger partial charge in [-0.2, -0.15) is 5.06 Å². The number of hydrogen-bond acceptors (Lipinski definition) is 5. The van der Waals surface area contributed by atoms with E-state index in [1.165, 1.54) is 35.3 Å². The van der Waals surface area contributed by atoms with Crippen molar-refractivity contribution in [3.05, 3.63) is 52.4 Å². The number of benzene rings is 1. The molecular formula is C16H13ClN2O4S. The van der Waals surface area contributed by atoms with Crippen molar-refractivity contribution >= 4 is 45.7 Å². The molecule has 0 saturated carbocycles. The Morgan fingerprint density at radius 3 is 2.54 bits per heavy atom. The van der Waals surface area contributed by atoms with Crippen LogP contribution in [-0.4, -0.2) is 35.4 Å². The highest BCUT2D eigenvalue weighted by Gasteiger charge is 2.45. The van der Waals surface area contributed by atoms with Crippen LogP contribution in [0.3, 0.4) is 0 Å². The summed E-state index contributed by atoms with van der Waals surface area (Å²) < 4.78 is 0. The van der Waals surface area contributed by atoms with Crippen LogP contribution < -0.4 is 4.90 Å². The second-order valence-electron chi connectivity index (χ2n) is 5.14. The standard InChI is InChI=1S/C16H13ClN2O4S/c1-10(20)19(14-3-2-8-24-14)13-9-18(15(13)21)23-16(22)11-4-6-12(17)7-5-11/h2-8,13H,9H2,1H3. The maximum Gasteiger partial charge on any atom is 0.363 e. The fourth-order valence-corrected chi connectivity index (χ4v) is 3.28. The van der Waals surface area contributed by atoms with Gasteiger partial charge < -0.3 is 4.84 Å². The summed E-state index contributed by atoms with van der Waals surface area (Å²) in [6.07, 6.45) is 0. The van der Waals surface area contributed by atoms with Crippen LogP contribution in [0.5, 0.6) is 0 Å². The molecular weight excluding hydrogens is 352 g/mol. The van der Waals surface area contributed by atoms with E-state index in [1.807, 2.05) is 5.38 Å². The molecule has 1 aromatic heterocycles. The molecule has 1 unspecified atom stereocenters. The lowest BCUT2D eigenvalue weighted by atomic mass is 10.1. The van der Waals surface area contributed by atoms with E-state index in [4.69, 9.17) is 16.4 Å². The van der Waals surface area contributed by atoms with E-state index in [-0.39, 0.29) is 18.0 Å². The van der Waals surface area contributed by atoms with Crippen molar-refractivity contribution in [3.63, 3.8) is 0 Å². The molecule has 2 heterocycles. The first-order valence-electron chi connectivity index (χ1n) is 7.10. The molecule has 1 aliphatic rings. The number of thiophene rings is 1. The highest BCUT2D eigenvalue weighted by Crippen LogP contribution is 2.28. The van der Waals surface area contributed by atoms with E-state index in [9.17, 15) is 14.4 Å². The maximum atomic E-state index is 12.3. The Balaban J connectivity index is 1.65. The first kappa shape index (κ1) is 16.5. The number of rotatable bonds is 4. The summed E-state index contributed by atoms with van der Waals surface area (Å²) in [5, 5.41) is 3.97. The molecule has 1 atom stereocenters. The van der Waals surface area contributed by atoms with Crippen LogP contribution in [0.1, 0.15) is 17.3 Å². The molecule has 6 nitrogen and oxygen atoms in total. The lowest BCUT2D eigenvalue weighted by Crippen LogP contribution is -2.65. The smallest absolute Gasteiger partial charge is 0.333 e. The van der Waals surface area contributed by atoms with Gasteiger partial charge in [0.05, 0.1) is 17.1 Å². The monoisotopic (exact) mass is 364 g/mol. The predicted molar refractivity (Wildman–Crippen MR) is 89.8 cm³/mol. The Kier molecular flexibility index (Phi) is 4.55. The van der Waals surface area contributed by atoms with Crippen molar-refractivity contribution in [1.29, 1.82) is 0 Å². The van der Waals surface area contributed by atoms with Crippen LogP contribution in [-0.2, 0) is 14.4 Å². The van der Waals surface area contributed by atoms with Gasteiger partial charge in [0.1, 0.15) is 6.04 Å². The molecule has 24 heavy (non-hydrogen) atoms. The minimum Gasteiger partial charge on any atom is -0.333 e. The fourth-order valence-electron chi connectivity index (χ4n) is 2.33. The molecule has 0 bridgehead atoms. The SMILES string of the molecule is CC(=O)N(c1cccs1)C1CN(OC(=O)c2ccc(Cl)cc2)C1=O. The normalized spacial score (nSPS) is 16.5. The summed E-state index contributed by atoms with van der Waals surface area (Å²) in [5.74, 6) is -1.32. The number of amides is 2. The summed E-state index contributed by atoms with van der Waals surface area (Å²) in [6, 6.07) is 9.07. The number of carbonyl (C=O) groups excluding carboxylic acids is 3. The largest absolute Gasteiger partial charge is 0.363 e. The van der Waals surface area contributed by atoms with Gasteiger partial charge in [-0.1, -0.05) is 11.6 Å². The summed E-state index contributed by atoms with van der Waals surface area (Å²) in [7, 11) is 0. The zero-order valence-electron chi connectivity index (χ0n) is 12.6. The van der Waals surface area contributed by atoms with Gasteiger partial charge in [-0.05, 0) is 41.8 Å². The van der Waals surface area contributed by atoms with Crippen LogP contribution in [0.25, 0.3) is 0 Å². The molecule has 1 aromatic carbocycles. The Labute approximate surface area is 147 Å². The minimum atomic E-state index is -0.654. The molecule has 2 aromatic rings. The molecule has 1 aliphatic heterocycles. The fraction of sp³-hybridized carbons (Fsp3) is 0.188. The number of carbonyl (C=O) groups is 3. The van der Waals surface area contributed by atoms with Crippen molar-refractivity contribution in [2.24, 2.45) is 0 Å². The molecule has 0 radical (unpaired) electrons. The number of halogens is 1. The van der Waals surface area contributed by atoms with Crippen molar-refractivity contribution in [2.75, 3.05) is 11.4 Å². The number of nitrogens with zero attached hydrogens (tertiary/aromatic N) is 2. The lowest BCUT2D eigenvalue weighted by Gasteiger charge is -2.41. The zero-order chi connectivity index (χ0) is 17.3. The highest BCUT2D eigenvalue weighted by molar-refractivity contribution is 7.14. The van der Waals surface area contributed by atoms with Gasteiger partial charge in [-0.15, -0.1) is 11.3 Å². The van der Waals surface area contributed by atoms with Gasteiger partial charge in [-0.3, -0.25) is 14.5 Å². The summed E-state index contributed by atoms with van der Waals surface area (Å²) >= 11 is 7.13. The van der Waals surface area contributed by atoms with E-state index in [2.05, 4.69) is 0 Å². The van der Waals surface area contributed by atoms with Crippen molar-refractivity contribution in [2.45, 2.75) is 13.0 Å². The van der Waals surface area contributed by atoms with E-state index in [0.29, 0.717) is 10.0 Å². The molecule has 0 aliphatic carbocycles. The molecule has 3 rings (SSSR count). The lowest BCUT2D eigenvalue weighted by molar-refractivity contribution is -0.190. The Morgan fingerprint density at radius 1 is 1.29 bits per heavy atom. The number of hydroxylamine groups is 2. The van der Waals surface area contributed by atoms with Gasteiger partial charge in [-0.25, -0.2) is 4.79 Å². The van der Waals surface area contributed by atoms with Gasteiger partial charge >= 0.3 is 5.97 Å². The second-order valence-corrected chi connectivity index (χ2v) is 6.50. The molecule has 0 N–H and O–H groups in total. The Hall–Kier alpha value is -2.38. The topological polar surface area (TPSA) is 66.9 Å². The average Bonchev–Trinajstić information content (AvgIpc) is 3.07. The van der Waals surface area contributed by atoms with E-state index in [1.54, 1.807) is 24.3 Å². The third-order valence-corrected chi connectivity index (χ3v) is 4.66. The number of anilines is 1. The number of hydrogen-bond donors (Lipinski definition) is 0. The third-order valence-electron chi connectivity index (χ3n) is 3.54. The van der Waals surface area contributed by atoms with Gasteiger partial charge in [0.25, 0.3) is 5.91 Å². The molecule has 124 valence electrons. The van der Waals surface area contributed by atoms with E-state index < -0.39 is 17.9 Å². The van der Waals surface area contributed by atoms with Gasteiger partial charge in [0, 0.05) is 11.9 Å². The van der Waals surface area contributed by atoms with Crippen LogP contribution in [0, 0.1) is 0 Å². The predicted octanol–water partition coefficient (Wildman–Crippen LogP) is 2.74. The summed E-state index contributed by atoms with van der Waals surface area (Å²) in [5.41, 5.74) is 0.289. The maximum absolute atomic E-state index is 12.3. The number of β-lactam (4-membered cyclic amide) rings is 1. The van der Waals surface area contributed by atoms with Crippen LogP contribution in [0.15, 0.2) is 41.8 Å². The molecule has 1 fully saturated rings. The zero-order valence-corrected chi connectivity index (χ0v) is 14.2. The first-order chi connectivity index (χ1) is 11.5. The van der Waals surface area contributed by atoms with E-state index in [0.717, 1.165) is 5.06 Å². The summed E-state index contributed by atoms with van der Waals surface area (Å²) in [4.78, 5) is 42.6. The quantitative estimate of drug-likeness (QED) is 0.782. The third kappa shape index (κ3) is 3.13. The Bertz CT molecular complexity index is 776. The average molecular weight is 365 g/mol. The van der Waals surface area contributed by atoms with Gasteiger partial charge in [0.15, 0.2) is 0 Å². The highest BCUT2D eigenvalue weighted by atomic mass is 35.5. The molecule has 8 heteroatoms. The van der Waals surface area contributed by atoms with Crippen LogP contribution in [0.4, 0.5) is 5.00 Å². The minimum absolute atomic E-state index is 0.135. The molecule has 2 amide bonds. The van der Waals surface area contributed by atoms with Gasteiger partial charge in [0.2, 0.25) is 5.91 Å². The van der Waals surface area contributed by atoms with Crippen LogP contribution >= 0.6 is 22.9 Å². The van der Waals surface area contributed by atoms with Crippen molar-refractivity contribution in [3.8, 4) is 0 Å². The molecule has 1 saturated heterocycles. The second kappa shape index (κ2) is 6.62. The van der Waals surface area contributed by atoms with E-state index >= 15 is 0 Å². The molecule has 0 spiro atoms. The van der Waals surface area contributed by atoms with Crippen molar-refractivity contribution < 1.29 is 19.2 Å². The Morgan fingerprint density at radius 2 is 2.00 bits per heavy atom. The summed E-state index contributed by atoms with van der Waals surface area (Å²) in [6.45, 7) is 1.53. The first-order valence-corrected chi connectivity index (χ1v) is 8.35.